The zero-order valence-corrected chi connectivity index (χ0v) is 22.0. The van der Waals surface area contributed by atoms with Crippen molar-refractivity contribution in [3.63, 3.8) is 0 Å². The van der Waals surface area contributed by atoms with Crippen molar-refractivity contribution in [3.05, 3.63) is 60.7 Å². The number of carbonyl (C=O) groups is 1. The average molecular weight is 494 g/mol. The summed E-state index contributed by atoms with van der Waals surface area (Å²) in [6, 6.07) is 13.6. The molecule has 1 aromatic heterocycles. The van der Waals surface area contributed by atoms with E-state index in [1.807, 2.05) is 42.5 Å². The van der Waals surface area contributed by atoms with Crippen LogP contribution in [0.1, 0.15) is 56.4 Å². The first-order valence-corrected chi connectivity index (χ1v) is 12.8. The van der Waals surface area contributed by atoms with Crippen LogP contribution in [-0.2, 0) is 4.74 Å². The van der Waals surface area contributed by atoms with Crippen LogP contribution in [0.3, 0.4) is 0 Å². The number of hydrogen-bond donors (Lipinski definition) is 1. The van der Waals surface area contributed by atoms with Crippen LogP contribution in [0.15, 0.2) is 55.0 Å². The summed E-state index contributed by atoms with van der Waals surface area (Å²) < 4.78 is 18.7. The largest absolute Gasteiger partial charge is 0.496 e. The second-order valence-electron chi connectivity index (χ2n) is 8.83. The predicted molar refractivity (Wildman–Crippen MR) is 143 cm³/mol. The maximum absolute atomic E-state index is 12.8. The number of unbranched alkanes of at least 4 members (excludes halogenated alkanes) is 1. The molecule has 0 saturated heterocycles. The van der Waals surface area contributed by atoms with E-state index in [-0.39, 0.29) is 5.91 Å². The van der Waals surface area contributed by atoms with Gasteiger partial charge in [-0.15, -0.1) is 0 Å². The fraction of sp³-hybridized carbons (Fsp3) is 0.448. The SMILES string of the molecule is CCCCC(CC)COCCCNC(=O)c1cncn1-c1ccc(-c2c(OC)cccc2OC)cc1. The number of imidazole rings is 1. The highest BCUT2D eigenvalue weighted by Gasteiger charge is 2.15. The molecule has 7 nitrogen and oxygen atoms in total. The summed E-state index contributed by atoms with van der Waals surface area (Å²) in [7, 11) is 3.29. The van der Waals surface area contributed by atoms with Gasteiger partial charge in [-0.1, -0.05) is 51.3 Å². The van der Waals surface area contributed by atoms with Crippen LogP contribution in [0, 0.1) is 5.92 Å². The van der Waals surface area contributed by atoms with Gasteiger partial charge in [0.1, 0.15) is 17.2 Å². The third-order valence-corrected chi connectivity index (χ3v) is 6.38. The van der Waals surface area contributed by atoms with Gasteiger partial charge in [0, 0.05) is 25.4 Å². The van der Waals surface area contributed by atoms with Crippen LogP contribution in [-0.4, -0.2) is 49.4 Å². The number of nitrogens with zero attached hydrogens (tertiary/aromatic N) is 2. The van der Waals surface area contributed by atoms with Gasteiger partial charge in [-0.25, -0.2) is 4.98 Å². The van der Waals surface area contributed by atoms with Gasteiger partial charge in [0.15, 0.2) is 0 Å². The number of carbonyl (C=O) groups excluding carboxylic acids is 1. The molecule has 0 spiro atoms. The van der Waals surface area contributed by atoms with Crippen LogP contribution in [0.2, 0.25) is 0 Å². The van der Waals surface area contributed by atoms with Gasteiger partial charge >= 0.3 is 0 Å². The molecule has 0 bridgehead atoms. The van der Waals surface area contributed by atoms with E-state index in [4.69, 9.17) is 14.2 Å². The Labute approximate surface area is 214 Å². The molecule has 1 heterocycles. The van der Waals surface area contributed by atoms with E-state index in [1.54, 1.807) is 31.3 Å². The average Bonchev–Trinajstić information content (AvgIpc) is 3.42. The molecule has 36 heavy (non-hydrogen) atoms. The van der Waals surface area contributed by atoms with Crippen molar-refractivity contribution in [1.29, 1.82) is 0 Å². The molecule has 0 aliphatic rings. The predicted octanol–water partition coefficient (Wildman–Crippen LogP) is 5.91. The van der Waals surface area contributed by atoms with Gasteiger partial charge in [-0.2, -0.15) is 0 Å². The Morgan fingerprint density at radius 2 is 1.75 bits per heavy atom. The Morgan fingerprint density at radius 3 is 2.39 bits per heavy atom. The van der Waals surface area contributed by atoms with Gasteiger partial charge in [-0.05, 0) is 48.6 Å². The number of aromatic nitrogens is 2. The third-order valence-electron chi connectivity index (χ3n) is 6.38. The summed E-state index contributed by atoms with van der Waals surface area (Å²) >= 11 is 0. The molecule has 0 aliphatic heterocycles. The summed E-state index contributed by atoms with van der Waals surface area (Å²) in [6.07, 6.45) is 8.86. The fourth-order valence-electron chi connectivity index (χ4n) is 4.21. The molecule has 0 radical (unpaired) electrons. The number of amides is 1. The lowest BCUT2D eigenvalue weighted by Gasteiger charge is -2.15. The quantitative estimate of drug-likeness (QED) is 0.267. The molecule has 0 aliphatic carbocycles. The second-order valence-corrected chi connectivity index (χ2v) is 8.83. The summed E-state index contributed by atoms with van der Waals surface area (Å²) in [4.78, 5) is 17.0. The molecule has 1 amide bonds. The van der Waals surface area contributed by atoms with Gasteiger partial charge < -0.3 is 19.5 Å². The first kappa shape index (κ1) is 27.3. The highest BCUT2D eigenvalue weighted by molar-refractivity contribution is 5.93. The van der Waals surface area contributed by atoms with Crippen molar-refractivity contribution < 1.29 is 19.0 Å². The van der Waals surface area contributed by atoms with E-state index in [9.17, 15) is 4.79 Å². The first-order chi connectivity index (χ1) is 17.6. The molecule has 0 fully saturated rings. The summed E-state index contributed by atoms with van der Waals surface area (Å²) in [5.41, 5.74) is 3.18. The molecule has 1 unspecified atom stereocenters. The standard InChI is InChI=1S/C29H39N3O4/c1-5-7-10-22(6-2)20-36-18-9-17-31-29(33)25-19-30-21-32(25)24-15-13-23(14-16-24)28-26(34-3)11-8-12-27(28)35-4/h8,11-16,19,21-22H,5-7,9-10,17-18,20H2,1-4H3,(H,31,33). The summed E-state index contributed by atoms with van der Waals surface area (Å²) in [6.45, 7) is 6.44. The van der Waals surface area contributed by atoms with E-state index < -0.39 is 0 Å². The number of benzene rings is 2. The molecule has 0 saturated carbocycles. The van der Waals surface area contributed by atoms with E-state index in [0.29, 0.717) is 24.8 Å². The molecular formula is C29H39N3O4. The lowest BCUT2D eigenvalue weighted by Crippen LogP contribution is -2.27. The molecule has 194 valence electrons. The maximum Gasteiger partial charge on any atom is 0.269 e. The number of ether oxygens (including phenoxy) is 3. The van der Waals surface area contributed by atoms with Crippen molar-refractivity contribution in [2.75, 3.05) is 34.0 Å². The molecule has 3 rings (SSSR count). The lowest BCUT2D eigenvalue weighted by molar-refractivity contribution is 0.0872. The molecular weight excluding hydrogens is 454 g/mol. The zero-order chi connectivity index (χ0) is 25.8. The topological polar surface area (TPSA) is 74.6 Å². The van der Waals surface area contributed by atoms with Crippen LogP contribution >= 0.6 is 0 Å². The smallest absolute Gasteiger partial charge is 0.269 e. The van der Waals surface area contributed by atoms with Gasteiger partial charge in [0.2, 0.25) is 0 Å². The van der Waals surface area contributed by atoms with E-state index in [0.717, 1.165) is 47.8 Å². The summed E-state index contributed by atoms with van der Waals surface area (Å²) in [5.74, 6) is 1.95. The van der Waals surface area contributed by atoms with Crippen molar-refractivity contribution in [1.82, 2.24) is 14.9 Å². The van der Waals surface area contributed by atoms with Gasteiger partial charge in [0.05, 0.1) is 32.3 Å². The highest BCUT2D eigenvalue weighted by Crippen LogP contribution is 2.38. The minimum absolute atomic E-state index is 0.155. The van der Waals surface area contributed by atoms with Crippen molar-refractivity contribution in [2.45, 2.75) is 46.0 Å². The Kier molecular flexibility index (Phi) is 10.8. The van der Waals surface area contributed by atoms with Crippen LogP contribution in [0.5, 0.6) is 11.5 Å². The van der Waals surface area contributed by atoms with Crippen molar-refractivity contribution in [3.8, 4) is 28.3 Å². The molecule has 1 atom stereocenters. The first-order valence-electron chi connectivity index (χ1n) is 12.8. The normalized spacial score (nSPS) is 11.8. The molecule has 7 heteroatoms. The monoisotopic (exact) mass is 493 g/mol. The number of rotatable bonds is 15. The Morgan fingerprint density at radius 1 is 1.03 bits per heavy atom. The zero-order valence-electron chi connectivity index (χ0n) is 22.0. The molecule has 1 N–H and O–H groups in total. The molecule has 2 aromatic carbocycles. The fourth-order valence-corrected chi connectivity index (χ4v) is 4.21. The summed E-state index contributed by atoms with van der Waals surface area (Å²) in [5, 5.41) is 2.99. The minimum atomic E-state index is -0.155. The van der Waals surface area contributed by atoms with Crippen molar-refractivity contribution >= 4 is 5.91 Å². The lowest BCUT2D eigenvalue weighted by atomic mass is 10.0. The van der Waals surface area contributed by atoms with Crippen molar-refractivity contribution in [2.24, 2.45) is 5.92 Å². The third kappa shape index (κ3) is 7.10. The highest BCUT2D eigenvalue weighted by atomic mass is 16.5. The van der Waals surface area contributed by atoms with E-state index in [2.05, 4.69) is 24.1 Å². The number of hydrogen-bond acceptors (Lipinski definition) is 5. The van der Waals surface area contributed by atoms with Gasteiger partial charge in [-0.3, -0.25) is 9.36 Å². The Hall–Kier alpha value is -3.32. The Bertz CT molecular complexity index is 1060. The van der Waals surface area contributed by atoms with Crippen LogP contribution < -0.4 is 14.8 Å². The van der Waals surface area contributed by atoms with Crippen LogP contribution in [0.4, 0.5) is 0 Å². The number of methoxy groups -OCH3 is 2. The maximum atomic E-state index is 12.8. The van der Waals surface area contributed by atoms with E-state index >= 15 is 0 Å². The number of nitrogens with one attached hydrogen (secondary N) is 1. The van der Waals surface area contributed by atoms with Crippen LogP contribution in [0.25, 0.3) is 16.8 Å². The molecule has 3 aromatic rings. The minimum Gasteiger partial charge on any atom is -0.496 e. The van der Waals surface area contributed by atoms with E-state index in [1.165, 1.54) is 19.3 Å². The Balaban J connectivity index is 1.57. The van der Waals surface area contributed by atoms with Gasteiger partial charge in [0.25, 0.3) is 5.91 Å². The second kappa shape index (κ2) is 14.3.